The Morgan fingerprint density at radius 2 is 1.83 bits per heavy atom. The zero-order valence-electron chi connectivity index (χ0n) is 9.62. The van der Waals surface area contributed by atoms with Gasteiger partial charge in [-0.2, -0.15) is 0 Å². The number of rotatable bonds is 3. The Kier molecular flexibility index (Phi) is 3.68. The first kappa shape index (κ1) is 13.0. The molecule has 18 heavy (non-hydrogen) atoms. The molecule has 0 aliphatic carbocycles. The first-order valence-corrected chi connectivity index (χ1v) is 7.42. The highest BCUT2D eigenvalue weighted by Crippen LogP contribution is 2.15. The summed E-state index contributed by atoms with van der Waals surface area (Å²) in [5.41, 5.74) is 1.00. The smallest absolute Gasteiger partial charge is 0.179 e. The van der Waals surface area contributed by atoms with Crippen LogP contribution in [0.3, 0.4) is 0 Å². The minimum Gasteiger partial charge on any atom is -0.318 e. The quantitative estimate of drug-likeness (QED) is 0.814. The first-order valence-electron chi connectivity index (χ1n) is 5.19. The maximum Gasteiger partial charge on any atom is 0.179 e. The summed E-state index contributed by atoms with van der Waals surface area (Å²) in [5.74, 6) is 0. The normalized spacial score (nSPS) is 11.2. The molecule has 6 heteroatoms. The predicted molar refractivity (Wildman–Crippen MR) is 71.5 cm³/mol. The van der Waals surface area contributed by atoms with Crippen molar-refractivity contribution in [2.75, 3.05) is 0 Å². The summed E-state index contributed by atoms with van der Waals surface area (Å²) in [7, 11) is -3.68. The number of aromatic nitrogens is 1. The zero-order chi connectivity index (χ0) is 13.2. The molecule has 4 nitrogen and oxygen atoms in total. The average Bonchev–Trinajstić information content (AvgIpc) is 2.29. The van der Waals surface area contributed by atoms with Crippen LogP contribution in [0.15, 0.2) is 58.2 Å². The second-order valence-electron chi connectivity index (χ2n) is 3.77. The molecule has 1 aromatic carbocycles. The van der Waals surface area contributed by atoms with Gasteiger partial charge >= 0.3 is 0 Å². The van der Waals surface area contributed by atoms with Gasteiger partial charge < -0.3 is 4.83 Å². The van der Waals surface area contributed by atoms with E-state index in [-0.39, 0.29) is 4.90 Å². The maximum absolute atomic E-state index is 12.0. The van der Waals surface area contributed by atoms with Crippen LogP contribution in [-0.4, -0.2) is 8.42 Å². The first-order chi connectivity index (χ1) is 8.47. The Labute approximate surface area is 114 Å². The number of hydrogen-bond donors (Lipinski definition) is 0. The molecule has 0 radical (unpaired) electrons. The molecule has 0 amide bonds. The van der Waals surface area contributed by atoms with Gasteiger partial charge in [-0.1, -0.05) is 17.7 Å². The van der Waals surface area contributed by atoms with Gasteiger partial charge in [-0.3, -0.25) is 0 Å². The average molecular weight is 327 g/mol. The van der Waals surface area contributed by atoms with Crippen molar-refractivity contribution in [1.82, 2.24) is 0 Å². The highest BCUT2D eigenvalue weighted by atomic mass is 79.9. The third kappa shape index (κ3) is 3.08. The van der Waals surface area contributed by atoms with Crippen molar-refractivity contribution in [2.45, 2.75) is 11.8 Å². The van der Waals surface area contributed by atoms with Crippen LogP contribution in [-0.2, 0) is 10.0 Å². The molecule has 94 valence electrons. The molecular weight excluding hydrogens is 316 g/mol. The summed E-state index contributed by atoms with van der Waals surface area (Å²) in [6, 6.07) is 10.1. The monoisotopic (exact) mass is 326 g/mol. The van der Waals surface area contributed by atoms with E-state index in [9.17, 15) is 8.42 Å². The van der Waals surface area contributed by atoms with E-state index < -0.39 is 10.0 Å². The molecule has 0 saturated heterocycles. The molecular formula is C12H11BrN2O2S. The van der Waals surface area contributed by atoms with Gasteiger partial charge in [0.1, 0.15) is 0 Å². The molecule has 0 aliphatic rings. The molecule has 1 aromatic heterocycles. The van der Waals surface area contributed by atoms with Crippen molar-refractivity contribution in [3.8, 4) is 0 Å². The van der Waals surface area contributed by atoms with Crippen molar-refractivity contribution in [2.24, 2.45) is 0 Å². The number of sulfonamides is 1. The summed E-state index contributed by atoms with van der Waals surface area (Å²) >= 11 is 3.26. The Morgan fingerprint density at radius 1 is 1.17 bits per heavy atom. The Morgan fingerprint density at radius 3 is 2.44 bits per heavy atom. The number of nitrogens with zero attached hydrogens (tertiary/aromatic N) is 2. The lowest BCUT2D eigenvalue weighted by Gasteiger charge is -2.14. The molecule has 0 aliphatic heterocycles. The third-order valence-corrected chi connectivity index (χ3v) is 4.01. The number of halogens is 1. The molecule has 1 heterocycles. The lowest BCUT2D eigenvalue weighted by atomic mass is 10.2. The maximum atomic E-state index is 12.0. The van der Waals surface area contributed by atoms with E-state index in [1.54, 1.807) is 48.8 Å². The minimum atomic E-state index is -3.68. The van der Waals surface area contributed by atoms with Gasteiger partial charge in [-0.15, -0.1) is 0 Å². The minimum absolute atomic E-state index is 0.181. The van der Waals surface area contributed by atoms with Crippen LogP contribution in [0, 0.1) is 6.92 Å². The van der Waals surface area contributed by atoms with Gasteiger partial charge in [0.2, 0.25) is 0 Å². The molecule has 0 fully saturated rings. The number of aryl methyl sites for hydroxylation is 1. The Bertz CT molecular complexity index is 654. The van der Waals surface area contributed by atoms with E-state index in [2.05, 4.69) is 20.8 Å². The lowest BCUT2D eigenvalue weighted by Crippen LogP contribution is -2.31. The van der Waals surface area contributed by atoms with Crippen molar-refractivity contribution in [1.29, 1.82) is 0 Å². The second kappa shape index (κ2) is 5.07. The molecule has 2 aromatic rings. The third-order valence-electron chi connectivity index (χ3n) is 2.27. The molecule has 0 unspecified atom stereocenters. The van der Waals surface area contributed by atoms with Gasteiger partial charge in [0.25, 0.3) is 0 Å². The summed E-state index contributed by atoms with van der Waals surface area (Å²) < 4.78 is 26.1. The van der Waals surface area contributed by atoms with Crippen molar-refractivity contribution < 1.29 is 13.1 Å². The second-order valence-corrected chi connectivity index (χ2v) is 6.27. The number of pyridine rings is 1. The van der Waals surface area contributed by atoms with Crippen LogP contribution in [0.2, 0.25) is 0 Å². The van der Waals surface area contributed by atoms with Crippen molar-refractivity contribution in [3.63, 3.8) is 0 Å². The number of hydrogen-bond acceptors (Lipinski definition) is 2. The van der Waals surface area contributed by atoms with E-state index in [1.807, 2.05) is 6.92 Å². The summed E-state index contributed by atoms with van der Waals surface area (Å²) in [4.78, 5) is 3.89. The van der Waals surface area contributed by atoms with Gasteiger partial charge in [-0.05, 0) is 41.1 Å². The van der Waals surface area contributed by atoms with Gasteiger partial charge in [0.15, 0.2) is 22.4 Å². The van der Waals surface area contributed by atoms with Crippen molar-refractivity contribution in [3.05, 3.63) is 63.7 Å². The fraction of sp³-hybridized carbons (Fsp3) is 0.0833. The van der Waals surface area contributed by atoms with Gasteiger partial charge in [0.05, 0.1) is 9.37 Å². The lowest BCUT2D eigenvalue weighted by molar-refractivity contribution is -0.614. The molecule has 0 spiro atoms. The Balaban J connectivity index is 2.30. The standard InChI is InChI=1S/C12H11BrN2O2S/c1-10-4-6-12(7-5-10)18(16,17)14-15-8-2-3-11(13)9-15/h2-9H,1H3. The Hall–Kier alpha value is -1.40. The van der Waals surface area contributed by atoms with Crippen LogP contribution < -0.4 is 4.68 Å². The van der Waals surface area contributed by atoms with Crippen LogP contribution in [0.25, 0.3) is 4.83 Å². The van der Waals surface area contributed by atoms with E-state index in [1.165, 1.54) is 4.68 Å². The van der Waals surface area contributed by atoms with Crippen LogP contribution in [0.4, 0.5) is 0 Å². The van der Waals surface area contributed by atoms with E-state index >= 15 is 0 Å². The summed E-state index contributed by atoms with van der Waals surface area (Å²) in [5, 5.41) is 0. The molecule has 0 bridgehead atoms. The largest absolute Gasteiger partial charge is 0.318 e. The van der Waals surface area contributed by atoms with E-state index in [0.29, 0.717) is 0 Å². The van der Waals surface area contributed by atoms with Gasteiger partial charge in [-0.25, -0.2) is 13.1 Å². The van der Waals surface area contributed by atoms with Crippen LogP contribution >= 0.6 is 15.9 Å². The predicted octanol–water partition coefficient (Wildman–Crippen LogP) is 2.57. The van der Waals surface area contributed by atoms with Crippen LogP contribution in [0.5, 0.6) is 0 Å². The number of benzene rings is 1. The topological polar surface area (TPSA) is 52.1 Å². The molecule has 0 atom stereocenters. The van der Waals surface area contributed by atoms with Crippen LogP contribution in [0.1, 0.15) is 5.56 Å². The molecule has 0 saturated carbocycles. The highest BCUT2D eigenvalue weighted by molar-refractivity contribution is 9.10. The van der Waals surface area contributed by atoms with Crippen molar-refractivity contribution >= 4 is 26.0 Å². The summed E-state index contributed by atoms with van der Waals surface area (Å²) in [6.07, 6.45) is 3.14. The molecule has 2 rings (SSSR count). The SMILES string of the molecule is Cc1ccc(S(=O)(=O)[N-][n+]2cccc(Br)c2)cc1. The van der Waals surface area contributed by atoms with E-state index in [4.69, 9.17) is 0 Å². The van der Waals surface area contributed by atoms with E-state index in [0.717, 1.165) is 10.0 Å². The summed E-state index contributed by atoms with van der Waals surface area (Å²) in [6.45, 7) is 1.90. The zero-order valence-corrected chi connectivity index (χ0v) is 12.0. The fourth-order valence-electron chi connectivity index (χ4n) is 1.37. The fourth-order valence-corrected chi connectivity index (χ4v) is 2.65. The van der Waals surface area contributed by atoms with Gasteiger partial charge in [0, 0.05) is 6.07 Å². The molecule has 0 N–H and O–H groups in total. The highest BCUT2D eigenvalue weighted by Gasteiger charge is 2.08.